The molecule has 0 spiro atoms. The second kappa shape index (κ2) is 10.2. The summed E-state index contributed by atoms with van der Waals surface area (Å²) in [6.07, 6.45) is -1.17. The molecular weight excluding hydrogens is 496 g/mol. The standard InChI is InChI=1S/C21H22N6O8S/c22-19(32)35-8-11-9-36-17-14(16(29)27(17)15(11)18(30)31)25-13(28)7-10-2-1-3-12(6-10)24-21(34)26-5-4-23-20(26)33/h1-3,6,14,17H,4-5,7-9H2,(H2,22,32)(H,23,33)(H,24,34)(H,25,28)(H,30,31)/t14-,17-/m0/s1. The quantitative estimate of drug-likeness (QED) is 0.298. The normalized spacial score (nSPS) is 20.8. The molecule has 2 saturated heterocycles. The Morgan fingerprint density at radius 1 is 1.25 bits per heavy atom. The van der Waals surface area contributed by atoms with E-state index in [-0.39, 0.29) is 36.6 Å². The number of imide groups is 1. The minimum Gasteiger partial charge on any atom is -0.477 e. The van der Waals surface area contributed by atoms with Crippen LogP contribution in [0.3, 0.4) is 0 Å². The van der Waals surface area contributed by atoms with Crippen LogP contribution in [0.25, 0.3) is 0 Å². The Bertz CT molecular complexity index is 1190. The molecule has 0 aliphatic carbocycles. The number of thioether (sulfide) groups is 1. The Hall–Kier alpha value is -4.27. The number of carboxylic acid groups (broad SMARTS) is 1. The summed E-state index contributed by atoms with van der Waals surface area (Å²) in [4.78, 5) is 73.9. The third-order valence-electron chi connectivity index (χ3n) is 5.60. The fourth-order valence-corrected chi connectivity index (χ4v) is 5.31. The molecule has 0 radical (unpaired) electrons. The molecule has 3 heterocycles. The Kier molecular flexibility index (Phi) is 7.00. The lowest BCUT2D eigenvalue weighted by atomic mass is 10.0. The minimum absolute atomic E-state index is 0.103. The largest absolute Gasteiger partial charge is 0.477 e. The van der Waals surface area contributed by atoms with Gasteiger partial charge in [0.15, 0.2) is 0 Å². The predicted molar refractivity (Wildman–Crippen MR) is 124 cm³/mol. The number of urea groups is 2. The minimum atomic E-state index is -1.35. The Labute approximate surface area is 208 Å². The highest BCUT2D eigenvalue weighted by atomic mass is 32.2. The third kappa shape index (κ3) is 5.05. The van der Waals surface area contributed by atoms with Crippen LogP contribution in [0.1, 0.15) is 5.56 Å². The van der Waals surface area contributed by atoms with E-state index in [0.29, 0.717) is 17.8 Å². The fraction of sp³-hybridized carbons (Fsp3) is 0.333. The van der Waals surface area contributed by atoms with E-state index in [1.54, 1.807) is 24.3 Å². The van der Waals surface area contributed by atoms with Crippen molar-refractivity contribution in [1.29, 1.82) is 0 Å². The van der Waals surface area contributed by atoms with E-state index in [1.807, 2.05) is 0 Å². The highest BCUT2D eigenvalue weighted by molar-refractivity contribution is 8.00. The van der Waals surface area contributed by atoms with E-state index in [9.17, 15) is 33.9 Å². The molecule has 3 aliphatic heterocycles. The van der Waals surface area contributed by atoms with E-state index < -0.39 is 47.4 Å². The molecule has 4 rings (SSSR count). The number of carboxylic acids is 1. The molecule has 1 aromatic rings. The molecule has 1 aromatic carbocycles. The number of amides is 7. The van der Waals surface area contributed by atoms with Crippen molar-refractivity contribution in [2.45, 2.75) is 17.8 Å². The van der Waals surface area contributed by atoms with Gasteiger partial charge in [-0.3, -0.25) is 14.5 Å². The number of aliphatic carboxylic acids is 1. The van der Waals surface area contributed by atoms with Crippen LogP contribution in [-0.4, -0.2) is 87.7 Å². The molecule has 14 nitrogen and oxygen atoms in total. The summed E-state index contributed by atoms with van der Waals surface area (Å²) in [6.45, 7) is 0.263. The van der Waals surface area contributed by atoms with Crippen LogP contribution >= 0.6 is 11.8 Å². The summed E-state index contributed by atoms with van der Waals surface area (Å²) in [5, 5.41) is 16.7. The van der Waals surface area contributed by atoms with E-state index >= 15 is 0 Å². The summed E-state index contributed by atoms with van der Waals surface area (Å²) in [7, 11) is 0. The predicted octanol–water partition coefficient (Wildman–Crippen LogP) is -0.380. The van der Waals surface area contributed by atoms with E-state index in [2.05, 4.69) is 20.7 Å². The zero-order valence-corrected chi connectivity index (χ0v) is 19.5. The van der Waals surface area contributed by atoms with Crippen LogP contribution in [0, 0.1) is 0 Å². The molecule has 0 aromatic heterocycles. The second-order valence-corrected chi connectivity index (χ2v) is 9.12. The van der Waals surface area contributed by atoms with Crippen molar-refractivity contribution >= 4 is 53.4 Å². The van der Waals surface area contributed by atoms with Gasteiger partial charge in [-0.1, -0.05) is 12.1 Å². The van der Waals surface area contributed by atoms with Crippen LogP contribution in [0.5, 0.6) is 0 Å². The third-order valence-corrected chi connectivity index (χ3v) is 6.94. The van der Waals surface area contributed by atoms with Gasteiger partial charge in [0.05, 0.1) is 6.42 Å². The van der Waals surface area contributed by atoms with Gasteiger partial charge in [-0.15, -0.1) is 11.8 Å². The SMILES string of the molecule is NC(=O)OCC1=C(C(=O)O)N2C(=O)[C@H](NC(=O)Cc3cccc(NC(=O)N4CCNC4=O)c3)[C@@H]2SC1. The van der Waals surface area contributed by atoms with Gasteiger partial charge < -0.3 is 31.5 Å². The maximum Gasteiger partial charge on any atom is 0.404 e. The van der Waals surface area contributed by atoms with Gasteiger partial charge in [0, 0.05) is 30.1 Å². The van der Waals surface area contributed by atoms with Crippen molar-refractivity contribution in [3.63, 3.8) is 0 Å². The Morgan fingerprint density at radius 2 is 2.03 bits per heavy atom. The average molecular weight is 519 g/mol. The maximum absolute atomic E-state index is 12.7. The molecule has 2 fully saturated rings. The van der Waals surface area contributed by atoms with Gasteiger partial charge in [-0.05, 0) is 17.7 Å². The van der Waals surface area contributed by atoms with Crippen molar-refractivity contribution in [2.75, 3.05) is 30.8 Å². The second-order valence-electron chi connectivity index (χ2n) is 8.01. The molecule has 0 unspecified atom stereocenters. The fourth-order valence-electron chi connectivity index (χ4n) is 3.98. The van der Waals surface area contributed by atoms with E-state index in [4.69, 9.17) is 5.73 Å². The zero-order valence-electron chi connectivity index (χ0n) is 18.7. The van der Waals surface area contributed by atoms with Crippen molar-refractivity contribution in [1.82, 2.24) is 20.4 Å². The first-order valence-electron chi connectivity index (χ1n) is 10.7. The van der Waals surface area contributed by atoms with Crippen molar-refractivity contribution in [2.24, 2.45) is 5.73 Å². The van der Waals surface area contributed by atoms with Crippen LogP contribution in [0.2, 0.25) is 0 Å². The number of benzene rings is 1. The number of nitrogens with one attached hydrogen (secondary N) is 3. The van der Waals surface area contributed by atoms with Gasteiger partial charge in [0.2, 0.25) is 5.91 Å². The molecule has 3 aliphatic rings. The number of primary amides is 1. The van der Waals surface area contributed by atoms with Crippen molar-refractivity contribution < 1.29 is 38.6 Å². The van der Waals surface area contributed by atoms with Crippen LogP contribution in [0.15, 0.2) is 35.5 Å². The van der Waals surface area contributed by atoms with Crippen molar-refractivity contribution in [3.8, 4) is 0 Å². The van der Waals surface area contributed by atoms with Gasteiger partial charge >= 0.3 is 24.1 Å². The average Bonchev–Trinajstić information content (AvgIpc) is 3.26. The first-order valence-corrected chi connectivity index (χ1v) is 11.8. The number of nitrogens with zero attached hydrogens (tertiary/aromatic N) is 2. The van der Waals surface area contributed by atoms with E-state index in [0.717, 1.165) is 9.80 Å². The highest BCUT2D eigenvalue weighted by Gasteiger charge is 2.54. The first kappa shape index (κ1) is 24.8. The lowest BCUT2D eigenvalue weighted by Crippen LogP contribution is -2.70. The molecule has 15 heteroatoms. The summed E-state index contributed by atoms with van der Waals surface area (Å²) >= 11 is 1.23. The Morgan fingerprint density at radius 3 is 2.69 bits per heavy atom. The van der Waals surface area contributed by atoms with Crippen molar-refractivity contribution in [3.05, 3.63) is 41.1 Å². The molecule has 2 atom stereocenters. The lowest BCUT2D eigenvalue weighted by Gasteiger charge is -2.49. The molecule has 0 saturated carbocycles. The van der Waals surface area contributed by atoms with Crippen LogP contribution in [-0.2, 0) is 25.5 Å². The maximum atomic E-state index is 12.7. The molecular formula is C21H22N6O8S. The summed E-state index contributed by atoms with van der Waals surface area (Å²) in [5.74, 6) is -2.25. The number of rotatable bonds is 7. The monoisotopic (exact) mass is 518 g/mol. The number of nitrogens with two attached hydrogens (primary N) is 1. The number of ether oxygens (including phenoxy) is 1. The Balaban J connectivity index is 1.36. The molecule has 190 valence electrons. The highest BCUT2D eigenvalue weighted by Crippen LogP contribution is 2.40. The van der Waals surface area contributed by atoms with Gasteiger partial charge in [0.25, 0.3) is 5.91 Å². The number of carbonyl (C=O) groups excluding carboxylic acids is 5. The molecule has 6 N–H and O–H groups in total. The van der Waals surface area contributed by atoms with E-state index in [1.165, 1.54) is 11.8 Å². The number of β-lactam (4-membered cyclic amide) rings is 1. The van der Waals surface area contributed by atoms with Crippen LogP contribution < -0.4 is 21.7 Å². The van der Waals surface area contributed by atoms with Gasteiger partial charge in [-0.25, -0.2) is 24.1 Å². The topological polar surface area (TPSA) is 200 Å². The zero-order chi connectivity index (χ0) is 26.0. The number of hydrogen-bond acceptors (Lipinski definition) is 8. The molecule has 7 amide bonds. The number of hydrogen-bond donors (Lipinski definition) is 5. The summed E-state index contributed by atoms with van der Waals surface area (Å²) in [5.41, 5.74) is 5.82. The summed E-state index contributed by atoms with van der Waals surface area (Å²) < 4.78 is 4.68. The molecule has 0 bridgehead atoms. The summed E-state index contributed by atoms with van der Waals surface area (Å²) in [6, 6.07) is 4.48. The van der Waals surface area contributed by atoms with Crippen LogP contribution in [0.4, 0.5) is 20.1 Å². The number of fused-ring (bicyclic) bond motifs is 1. The smallest absolute Gasteiger partial charge is 0.404 e. The number of anilines is 1. The first-order chi connectivity index (χ1) is 17.2. The molecule has 36 heavy (non-hydrogen) atoms. The van der Waals surface area contributed by atoms with Gasteiger partial charge in [-0.2, -0.15) is 0 Å². The van der Waals surface area contributed by atoms with Gasteiger partial charge in [0.1, 0.15) is 23.7 Å². The number of carbonyl (C=O) groups is 6. The lowest BCUT2D eigenvalue weighted by molar-refractivity contribution is -0.150.